The number of rotatable bonds is 5. The Labute approximate surface area is 157 Å². The van der Waals surface area contributed by atoms with Gasteiger partial charge in [0.25, 0.3) is 11.2 Å². The second-order valence-corrected chi connectivity index (χ2v) is 7.25. The Bertz CT molecular complexity index is 946. The Morgan fingerprint density at radius 2 is 2.19 bits per heavy atom. The third-order valence-electron chi connectivity index (χ3n) is 3.94. The van der Waals surface area contributed by atoms with Gasteiger partial charge in [0.05, 0.1) is 10.5 Å². The van der Waals surface area contributed by atoms with E-state index in [1.807, 2.05) is 6.92 Å². The van der Waals surface area contributed by atoms with E-state index in [2.05, 4.69) is 15.3 Å². The lowest BCUT2D eigenvalue weighted by Gasteiger charge is -2.24. The number of fused-ring (bicyclic) bond motifs is 1. The summed E-state index contributed by atoms with van der Waals surface area (Å²) in [6, 6.07) is 4.28. The molecule has 0 saturated carbocycles. The molecule has 2 N–H and O–H groups in total. The second-order valence-electron chi connectivity index (χ2n) is 5.75. The lowest BCUT2D eigenvalue weighted by Crippen LogP contribution is -2.31. The molecule has 2 heterocycles. The van der Waals surface area contributed by atoms with E-state index in [0.29, 0.717) is 16.3 Å². The Balaban J connectivity index is 2.09. The summed E-state index contributed by atoms with van der Waals surface area (Å²) in [5, 5.41) is 14.2. The van der Waals surface area contributed by atoms with Crippen molar-refractivity contribution in [1.82, 2.24) is 9.97 Å². The van der Waals surface area contributed by atoms with Gasteiger partial charge in [0.15, 0.2) is 5.16 Å². The molecule has 1 aromatic carbocycles. The number of nitro benzene ring substituents is 1. The number of benzene rings is 1. The number of hydrogen-bond acceptors (Lipinski definition) is 6. The molecule has 0 radical (unpaired) electrons. The van der Waals surface area contributed by atoms with Crippen LogP contribution < -0.4 is 10.9 Å². The number of carbonyl (C=O) groups is 1. The molecule has 26 heavy (non-hydrogen) atoms. The van der Waals surface area contributed by atoms with Crippen molar-refractivity contribution < 1.29 is 9.72 Å². The minimum atomic E-state index is -0.629. The lowest BCUT2D eigenvalue weighted by atomic mass is 9.86. The molecule has 1 aromatic heterocycles. The van der Waals surface area contributed by atoms with Crippen molar-refractivity contribution in [3.05, 3.63) is 54.8 Å². The van der Waals surface area contributed by atoms with Crippen molar-refractivity contribution in [2.75, 3.05) is 11.1 Å². The first-order chi connectivity index (χ1) is 12.4. The number of aromatic amines is 1. The van der Waals surface area contributed by atoms with Gasteiger partial charge in [-0.1, -0.05) is 36.4 Å². The monoisotopic (exact) mass is 394 g/mol. The van der Waals surface area contributed by atoms with Crippen molar-refractivity contribution in [1.29, 1.82) is 0 Å². The van der Waals surface area contributed by atoms with Crippen LogP contribution in [0.2, 0.25) is 5.02 Å². The molecular weight excluding hydrogens is 380 g/mol. The number of nitrogens with zero attached hydrogens (tertiary/aromatic N) is 2. The number of nitro groups is 1. The lowest BCUT2D eigenvalue weighted by molar-refractivity contribution is -0.384. The second kappa shape index (κ2) is 7.46. The number of thioether (sulfide) groups is 1. The summed E-state index contributed by atoms with van der Waals surface area (Å²) in [6.07, 6.45) is 0.910. The fourth-order valence-corrected chi connectivity index (χ4v) is 3.69. The quantitative estimate of drug-likeness (QED) is 0.347. The van der Waals surface area contributed by atoms with Crippen LogP contribution in [0.25, 0.3) is 0 Å². The van der Waals surface area contributed by atoms with E-state index in [1.165, 1.54) is 23.9 Å². The minimum Gasteiger partial charge on any atom is -0.310 e. The van der Waals surface area contributed by atoms with E-state index in [-0.39, 0.29) is 34.4 Å². The average molecular weight is 395 g/mol. The zero-order valence-corrected chi connectivity index (χ0v) is 15.3. The third kappa shape index (κ3) is 3.58. The van der Waals surface area contributed by atoms with Gasteiger partial charge in [0.2, 0.25) is 5.91 Å². The van der Waals surface area contributed by atoms with Gasteiger partial charge in [0, 0.05) is 24.2 Å². The highest BCUT2D eigenvalue weighted by Gasteiger charge is 2.32. The Morgan fingerprint density at radius 3 is 2.88 bits per heavy atom. The number of H-pyrrole nitrogens is 1. The molecule has 2 aromatic rings. The topological polar surface area (TPSA) is 118 Å². The van der Waals surface area contributed by atoms with Crippen LogP contribution in [0.5, 0.6) is 0 Å². The predicted molar refractivity (Wildman–Crippen MR) is 99.1 cm³/mol. The van der Waals surface area contributed by atoms with Crippen LogP contribution in [0.1, 0.15) is 36.8 Å². The Morgan fingerprint density at radius 1 is 1.42 bits per heavy atom. The Kier molecular flexibility index (Phi) is 5.28. The van der Waals surface area contributed by atoms with Crippen LogP contribution in [-0.2, 0) is 4.79 Å². The van der Waals surface area contributed by atoms with E-state index < -0.39 is 10.8 Å². The van der Waals surface area contributed by atoms with Crippen LogP contribution in [0.4, 0.5) is 11.5 Å². The molecule has 1 amide bonds. The summed E-state index contributed by atoms with van der Waals surface area (Å²) in [7, 11) is 0. The molecule has 1 aliphatic rings. The van der Waals surface area contributed by atoms with Crippen LogP contribution in [0.3, 0.4) is 0 Å². The molecule has 0 fully saturated rings. The number of aromatic nitrogens is 2. The van der Waals surface area contributed by atoms with Gasteiger partial charge in [-0.3, -0.25) is 19.7 Å². The standard InChI is InChI=1S/C16H15ClN4O4S/c1-2-5-26-16-19-14-13(15(23)20-16)9(7-12(22)18-14)8-3-4-10(17)11(6-8)21(24)25/h3-4,6,9H,2,5,7H2,1H3,(H2,18,19,20,22,23). The Hall–Kier alpha value is -2.39. The van der Waals surface area contributed by atoms with Crippen LogP contribution in [0, 0.1) is 10.1 Å². The fraction of sp³-hybridized carbons (Fsp3) is 0.312. The average Bonchev–Trinajstić information content (AvgIpc) is 2.59. The molecule has 3 rings (SSSR count). The smallest absolute Gasteiger partial charge is 0.288 e. The summed E-state index contributed by atoms with van der Waals surface area (Å²) >= 11 is 7.24. The van der Waals surface area contributed by atoms with Crippen molar-refractivity contribution in [2.45, 2.75) is 30.8 Å². The molecule has 0 saturated heterocycles. The number of hydrogen-bond donors (Lipinski definition) is 2. The first-order valence-corrected chi connectivity index (χ1v) is 9.27. The van der Waals surface area contributed by atoms with Crippen molar-refractivity contribution in [3.63, 3.8) is 0 Å². The van der Waals surface area contributed by atoms with Crippen molar-refractivity contribution in [3.8, 4) is 0 Å². The molecule has 10 heteroatoms. The molecule has 1 atom stereocenters. The number of anilines is 1. The van der Waals surface area contributed by atoms with Crippen LogP contribution >= 0.6 is 23.4 Å². The summed E-state index contributed by atoms with van der Waals surface area (Å²) < 4.78 is 0. The minimum absolute atomic E-state index is 0.00199. The van der Waals surface area contributed by atoms with Crippen molar-refractivity contribution >= 4 is 40.8 Å². The molecular formula is C16H15ClN4O4S. The first kappa shape index (κ1) is 18.4. The largest absolute Gasteiger partial charge is 0.310 e. The number of amides is 1. The predicted octanol–water partition coefficient (Wildman–Crippen LogP) is 3.31. The highest BCUT2D eigenvalue weighted by molar-refractivity contribution is 7.99. The van der Waals surface area contributed by atoms with Gasteiger partial charge >= 0.3 is 0 Å². The molecule has 0 aliphatic carbocycles. The zero-order valence-electron chi connectivity index (χ0n) is 13.7. The van der Waals surface area contributed by atoms with Gasteiger partial charge in [-0.15, -0.1) is 0 Å². The SMILES string of the molecule is CCCSc1nc2c(c(=O)[nH]1)C(c1ccc(Cl)c([N+](=O)[O-])c1)CC(=O)N2. The summed E-state index contributed by atoms with van der Waals surface area (Å²) in [5.41, 5.74) is 0.132. The van der Waals surface area contributed by atoms with Gasteiger partial charge in [-0.05, 0) is 18.1 Å². The molecule has 0 spiro atoms. The van der Waals surface area contributed by atoms with E-state index in [0.717, 1.165) is 12.2 Å². The van der Waals surface area contributed by atoms with E-state index in [9.17, 15) is 19.7 Å². The number of carbonyl (C=O) groups excluding carboxylic acids is 1. The van der Waals surface area contributed by atoms with Crippen LogP contribution in [-0.4, -0.2) is 26.6 Å². The molecule has 8 nitrogen and oxygen atoms in total. The summed E-state index contributed by atoms with van der Waals surface area (Å²) in [6.45, 7) is 2.01. The molecule has 1 unspecified atom stereocenters. The van der Waals surface area contributed by atoms with Crippen molar-refractivity contribution in [2.24, 2.45) is 0 Å². The zero-order chi connectivity index (χ0) is 18.8. The number of halogens is 1. The van der Waals surface area contributed by atoms with Crippen LogP contribution in [0.15, 0.2) is 28.2 Å². The maximum absolute atomic E-state index is 12.6. The highest BCUT2D eigenvalue weighted by atomic mass is 35.5. The molecule has 0 bridgehead atoms. The first-order valence-electron chi connectivity index (χ1n) is 7.91. The van der Waals surface area contributed by atoms with E-state index in [4.69, 9.17) is 11.6 Å². The molecule has 136 valence electrons. The maximum atomic E-state index is 12.6. The summed E-state index contributed by atoms with van der Waals surface area (Å²) in [5.74, 6) is 0.0506. The van der Waals surface area contributed by atoms with Gasteiger partial charge < -0.3 is 10.3 Å². The van der Waals surface area contributed by atoms with Gasteiger partial charge in [0.1, 0.15) is 10.8 Å². The molecule has 1 aliphatic heterocycles. The number of nitrogens with one attached hydrogen (secondary N) is 2. The normalized spacial score (nSPS) is 16.1. The third-order valence-corrected chi connectivity index (χ3v) is 5.34. The van der Waals surface area contributed by atoms with E-state index >= 15 is 0 Å². The van der Waals surface area contributed by atoms with Gasteiger partial charge in [-0.25, -0.2) is 4.98 Å². The summed E-state index contributed by atoms with van der Waals surface area (Å²) in [4.78, 5) is 42.3. The van der Waals surface area contributed by atoms with E-state index in [1.54, 1.807) is 6.07 Å². The fourth-order valence-electron chi connectivity index (χ4n) is 2.79. The maximum Gasteiger partial charge on any atom is 0.288 e. The highest BCUT2D eigenvalue weighted by Crippen LogP contribution is 2.37. The van der Waals surface area contributed by atoms with Gasteiger partial charge in [-0.2, -0.15) is 0 Å².